The molecule has 0 saturated carbocycles. The molecule has 0 aliphatic heterocycles. The SMILES string of the molecule is O.O.O.O.O.O.O.O.O.O.O.O.[Fe].[Fe]. The van der Waals surface area contributed by atoms with Crippen molar-refractivity contribution in [3.63, 3.8) is 0 Å². The first-order valence-corrected chi connectivity index (χ1v) is 0. The maximum atomic E-state index is 0. The van der Waals surface area contributed by atoms with Gasteiger partial charge in [-0.15, -0.1) is 0 Å². The van der Waals surface area contributed by atoms with Crippen LogP contribution >= 0.6 is 0 Å². The summed E-state index contributed by atoms with van der Waals surface area (Å²) >= 11 is 0. The van der Waals surface area contributed by atoms with Crippen LogP contribution in [0.1, 0.15) is 0 Å². The molecule has 0 unspecified atom stereocenters. The molecule has 0 amide bonds. The molecule has 0 aromatic rings. The summed E-state index contributed by atoms with van der Waals surface area (Å²) in [6.07, 6.45) is 0. The van der Waals surface area contributed by atoms with E-state index in [9.17, 15) is 0 Å². The van der Waals surface area contributed by atoms with Crippen LogP contribution in [0, 0.1) is 0 Å². The van der Waals surface area contributed by atoms with Crippen molar-refractivity contribution in [2.75, 3.05) is 0 Å². The van der Waals surface area contributed by atoms with Gasteiger partial charge in [-0.05, 0) is 0 Å². The Hall–Kier alpha value is 0.559. The van der Waals surface area contributed by atoms with Crippen LogP contribution < -0.4 is 0 Å². The molecular weight excluding hydrogens is 304 g/mol. The largest absolute Gasteiger partial charge is 0.412 e. The van der Waals surface area contributed by atoms with Crippen molar-refractivity contribution >= 4 is 0 Å². The Labute approximate surface area is 100 Å². The zero-order chi connectivity index (χ0) is 0. The zero-order valence-corrected chi connectivity index (χ0v) is 8.92. The summed E-state index contributed by atoms with van der Waals surface area (Å²) in [5.41, 5.74) is 0. The average molecular weight is 328 g/mol. The minimum Gasteiger partial charge on any atom is -0.412 e. The Kier molecular flexibility index (Phi) is 4190000. The third-order valence-corrected chi connectivity index (χ3v) is 0. The molecule has 0 aliphatic carbocycles. The minimum atomic E-state index is 0. The van der Waals surface area contributed by atoms with Gasteiger partial charge in [-0.3, -0.25) is 0 Å². The monoisotopic (exact) mass is 328 g/mol. The van der Waals surface area contributed by atoms with E-state index in [0.29, 0.717) is 0 Å². The van der Waals surface area contributed by atoms with Crippen molar-refractivity contribution in [1.29, 1.82) is 0 Å². The maximum Gasteiger partial charge on any atom is 0 e. The average Bonchev–Trinajstić information content (AvgIpc) is 0. The van der Waals surface area contributed by atoms with Crippen LogP contribution in [0.3, 0.4) is 0 Å². The second-order valence-corrected chi connectivity index (χ2v) is 0. The van der Waals surface area contributed by atoms with Gasteiger partial charge in [0.25, 0.3) is 0 Å². The molecule has 14 heteroatoms. The number of hydrogen-bond donors (Lipinski definition) is 0. The maximum absolute atomic E-state index is 0. The first kappa shape index (κ1) is 8570. The fourth-order valence-corrected chi connectivity index (χ4v) is 0. The molecule has 0 spiro atoms. The van der Waals surface area contributed by atoms with E-state index < -0.39 is 0 Å². The second-order valence-electron chi connectivity index (χ2n) is 0. The van der Waals surface area contributed by atoms with E-state index >= 15 is 0 Å². The summed E-state index contributed by atoms with van der Waals surface area (Å²) in [5.74, 6) is 0. The fraction of sp³-hybridized carbons (Fsp3) is 0. The molecule has 112 valence electrons. The summed E-state index contributed by atoms with van der Waals surface area (Å²) in [5, 5.41) is 0. The van der Waals surface area contributed by atoms with Gasteiger partial charge >= 0.3 is 0 Å². The van der Waals surface area contributed by atoms with Crippen molar-refractivity contribution in [2.45, 2.75) is 0 Å². The number of rotatable bonds is 0. The Balaban J connectivity index is 0. The summed E-state index contributed by atoms with van der Waals surface area (Å²) in [6.45, 7) is 0. The molecule has 0 atom stereocenters. The number of hydrogen-bond acceptors (Lipinski definition) is 0. The Morgan fingerprint density at radius 2 is 0.143 bits per heavy atom. The van der Waals surface area contributed by atoms with Crippen LogP contribution in [-0.2, 0) is 34.1 Å². The molecule has 0 aliphatic rings. The molecule has 0 fully saturated rings. The van der Waals surface area contributed by atoms with Crippen molar-refractivity contribution in [1.82, 2.24) is 0 Å². The molecule has 0 aromatic heterocycles. The second kappa shape index (κ2) is 6840. The van der Waals surface area contributed by atoms with E-state index in [0.717, 1.165) is 0 Å². The van der Waals surface area contributed by atoms with E-state index in [1.54, 1.807) is 0 Å². The Morgan fingerprint density at radius 1 is 0.143 bits per heavy atom. The van der Waals surface area contributed by atoms with Gasteiger partial charge in [0.15, 0.2) is 0 Å². The quantitative estimate of drug-likeness (QED) is 0.373. The van der Waals surface area contributed by atoms with Gasteiger partial charge in [0.1, 0.15) is 0 Å². The first-order valence-electron chi connectivity index (χ1n) is 0. The van der Waals surface area contributed by atoms with Gasteiger partial charge in [0.2, 0.25) is 0 Å². The molecular formula is H24Fe2O12. The summed E-state index contributed by atoms with van der Waals surface area (Å²) in [6, 6.07) is 0. The van der Waals surface area contributed by atoms with Gasteiger partial charge in [0.05, 0.1) is 0 Å². The third-order valence-electron chi connectivity index (χ3n) is 0. The molecule has 24 N–H and O–H groups in total. The van der Waals surface area contributed by atoms with Crippen LogP contribution in [0.2, 0.25) is 0 Å². The van der Waals surface area contributed by atoms with Crippen molar-refractivity contribution < 1.29 is 99.9 Å². The molecule has 12 nitrogen and oxygen atoms in total. The summed E-state index contributed by atoms with van der Waals surface area (Å²) in [4.78, 5) is 0. The van der Waals surface area contributed by atoms with Gasteiger partial charge in [-0.1, -0.05) is 0 Å². The third kappa shape index (κ3) is 5370. The topological polar surface area (TPSA) is 378 Å². The zero-order valence-electron chi connectivity index (χ0n) is 6.71. The molecule has 0 aromatic carbocycles. The predicted molar refractivity (Wildman–Crippen MR) is 43.4 cm³/mol. The standard InChI is InChI=1S/2Fe.12H2O/h;;12*1H2. The molecule has 0 saturated heterocycles. The van der Waals surface area contributed by atoms with E-state index in [4.69, 9.17) is 0 Å². The Bertz CT molecular complexity index is 8.28. The van der Waals surface area contributed by atoms with Gasteiger partial charge in [-0.2, -0.15) is 0 Å². The molecule has 0 rings (SSSR count). The first-order chi connectivity index (χ1) is 0. The molecule has 0 radical (unpaired) electrons. The van der Waals surface area contributed by atoms with E-state index in [-0.39, 0.29) is 99.9 Å². The summed E-state index contributed by atoms with van der Waals surface area (Å²) in [7, 11) is 0. The fourth-order valence-electron chi connectivity index (χ4n) is 0. The van der Waals surface area contributed by atoms with E-state index in [1.807, 2.05) is 0 Å². The van der Waals surface area contributed by atoms with E-state index in [1.165, 1.54) is 0 Å². The van der Waals surface area contributed by atoms with Crippen LogP contribution in [0.15, 0.2) is 0 Å². The van der Waals surface area contributed by atoms with Gasteiger partial charge in [0, 0.05) is 34.1 Å². The van der Waals surface area contributed by atoms with Gasteiger partial charge < -0.3 is 65.7 Å². The van der Waals surface area contributed by atoms with Crippen LogP contribution in [-0.4, -0.2) is 65.7 Å². The van der Waals surface area contributed by atoms with E-state index in [2.05, 4.69) is 0 Å². The van der Waals surface area contributed by atoms with Gasteiger partial charge in [-0.25, -0.2) is 0 Å². The minimum absolute atomic E-state index is 0. The van der Waals surface area contributed by atoms with Crippen LogP contribution in [0.25, 0.3) is 0 Å². The normalized spacial score (nSPS) is 0. The Morgan fingerprint density at radius 3 is 0.143 bits per heavy atom. The van der Waals surface area contributed by atoms with Crippen molar-refractivity contribution in [3.8, 4) is 0 Å². The molecule has 0 bridgehead atoms. The smallest absolute Gasteiger partial charge is 0 e. The molecule has 14 heavy (non-hydrogen) atoms. The van der Waals surface area contributed by atoms with Crippen LogP contribution in [0.5, 0.6) is 0 Å². The van der Waals surface area contributed by atoms with Crippen molar-refractivity contribution in [2.24, 2.45) is 0 Å². The predicted octanol–water partition coefficient (Wildman–Crippen LogP) is -9.90. The van der Waals surface area contributed by atoms with Crippen LogP contribution in [0.4, 0.5) is 0 Å². The molecule has 0 heterocycles. The summed E-state index contributed by atoms with van der Waals surface area (Å²) < 4.78 is 0. The van der Waals surface area contributed by atoms with Crippen molar-refractivity contribution in [3.05, 3.63) is 0 Å².